The molecule has 0 N–H and O–H groups in total. The third-order valence-electron chi connectivity index (χ3n) is 5.85. The molecule has 168 valence electrons. The van der Waals surface area contributed by atoms with Gasteiger partial charge in [0.15, 0.2) is 5.82 Å². The van der Waals surface area contributed by atoms with Gasteiger partial charge in [0, 0.05) is 49.4 Å². The number of piperazine rings is 1. The van der Waals surface area contributed by atoms with Crippen LogP contribution in [0.3, 0.4) is 0 Å². The van der Waals surface area contributed by atoms with E-state index in [1.165, 1.54) is 10.4 Å². The number of nitrogens with zero attached hydrogens (tertiary/aromatic N) is 4. The molecule has 0 amide bonds. The molecule has 1 fully saturated rings. The third kappa shape index (κ3) is 4.66. The largest absolute Gasteiger partial charge is 0.354 e. The van der Waals surface area contributed by atoms with Gasteiger partial charge in [-0.25, -0.2) is 22.8 Å². The molecule has 0 unspecified atom stereocenters. The fourth-order valence-corrected chi connectivity index (χ4v) is 5.04. The minimum Gasteiger partial charge on any atom is -0.354 e. The molecule has 6 nitrogen and oxygen atoms in total. The van der Waals surface area contributed by atoms with Crippen LogP contribution in [0.1, 0.15) is 23.7 Å². The predicted molar refractivity (Wildman–Crippen MR) is 125 cm³/mol. The lowest BCUT2D eigenvalue weighted by Gasteiger charge is -2.35. The van der Waals surface area contributed by atoms with E-state index >= 15 is 0 Å². The van der Waals surface area contributed by atoms with Crippen LogP contribution in [0.5, 0.6) is 0 Å². The van der Waals surface area contributed by atoms with Crippen LogP contribution in [0, 0.1) is 12.7 Å². The Morgan fingerprint density at radius 2 is 1.59 bits per heavy atom. The van der Waals surface area contributed by atoms with E-state index in [0.717, 1.165) is 22.6 Å². The molecule has 2 aromatic carbocycles. The van der Waals surface area contributed by atoms with Gasteiger partial charge in [-0.3, -0.25) is 0 Å². The van der Waals surface area contributed by atoms with Crippen molar-refractivity contribution in [3.63, 3.8) is 0 Å². The van der Waals surface area contributed by atoms with Crippen LogP contribution in [0.2, 0.25) is 0 Å². The molecule has 0 aliphatic carbocycles. The average Bonchev–Trinajstić information content (AvgIpc) is 2.82. The molecular weight excluding hydrogens is 427 g/mol. The number of aromatic nitrogens is 2. The van der Waals surface area contributed by atoms with Crippen molar-refractivity contribution in [2.45, 2.75) is 20.3 Å². The molecule has 0 radical (unpaired) electrons. The second kappa shape index (κ2) is 9.34. The highest BCUT2D eigenvalue weighted by Crippen LogP contribution is 2.29. The summed E-state index contributed by atoms with van der Waals surface area (Å²) in [4.78, 5) is 11.7. The summed E-state index contributed by atoms with van der Waals surface area (Å²) in [6.45, 7) is 5.43. The first kappa shape index (κ1) is 22.4. The Morgan fingerprint density at radius 3 is 2.25 bits per heavy atom. The lowest BCUT2D eigenvalue weighted by molar-refractivity contribution is 0.384. The lowest BCUT2D eigenvalue weighted by Crippen LogP contribution is -2.49. The second-order valence-corrected chi connectivity index (χ2v) is 10.1. The van der Waals surface area contributed by atoms with E-state index in [-0.39, 0.29) is 11.6 Å². The summed E-state index contributed by atoms with van der Waals surface area (Å²) < 4.78 is 40.5. The fourth-order valence-electron chi connectivity index (χ4n) is 3.96. The van der Waals surface area contributed by atoms with Crippen molar-refractivity contribution in [3.05, 3.63) is 77.2 Å². The first-order valence-electron chi connectivity index (χ1n) is 10.8. The third-order valence-corrected chi connectivity index (χ3v) is 7.73. The van der Waals surface area contributed by atoms with E-state index in [0.29, 0.717) is 44.0 Å². The van der Waals surface area contributed by atoms with Crippen molar-refractivity contribution in [1.29, 1.82) is 0 Å². The van der Waals surface area contributed by atoms with E-state index in [1.54, 1.807) is 19.1 Å². The summed E-state index contributed by atoms with van der Waals surface area (Å²) in [5.41, 5.74) is 3.14. The zero-order valence-corrected chi connectivity index (χ0v) is 19.1. The maximum absolute atomic E-state index is 14.4. The van der Waals surface area contributed by atoms with E-state index < -0.39 is 10.0 Å². The van der Waals surface area contributed by atoms with Crippen LogP contribution in [0.4, 0.5) is 10.2 Å². The van der Waals surface area contributed by atoms with Crippen molar-refractivity contribution >= 4 is 15.8 Å². The Hall–Kier alpha value is -2.84. The van der Waals surface area contributed by atoms with Crippen molar-refractivity contribution in [1.82, 2.24) is 14.3 Å². The molecular formula is C24H27FN4O2S. The maximum atomic E-state index is 14.4. The van der Waals surface area contributed by atoms with E-state index in [2.05, 4.69) is 4.90 Å². The second-order valence-electron chi connectivity index (χ2n) is 7.86. The number of rotatable bonds is 6. The van der Waals surface area contributed by atoms with E-state index in [1.807, 2.05) is 43.3 Å². The SMILES string of the molecule is CCS(=O)(=O)N1CCN(c2nc(-c3ccccc3)nc(C)c2Cc2ccccc2F)CC1. The predicted octanol–water partition coefficient (Wildman–Crippen LogP) is 3.65. The summed E-state index contributed by atoms with van der Waals surface area (Å²) in [6, 6.07) is 16.5. The number of sulfonamides is 1. The molecule has 0 bridgehead atoms. The minimum atomic E-state index is -3.23. The van der Waals surface area contributed by atoms with Gasteiger partial charge in [-0.1, -0.05) is 48.5 Å². The van der Waals surface area contributed by atoms with Gasteiger partial charge in [-0.15, -0.1) is 0 Å². The molecule has 8 heteroatoms. The minimum absolute atomic E-state index is 0.0936. The summed E-state index contributed by atoms with van der Waals surface area (Å²) in [6.07, 6.45) is 0.371. The summed E-state index contributed by atoms with van der Waals surface area (Å²) in [5.74, 6) is 1.19. The van der Waals surface area contributed by atoms with Gasteiger partial charge in [0.2, 0.25) is 10.0 Å². The number of benzene rings is 2. The molecule has 0 atom stereocenters. The molecule has 0 spiro atoms. The molecule has 1 aliphatic rings. The Morgan fingerprint density at radius 1 is 0.938 bits per heavy atom. The van der Waals surface area contributed by atoms with Crippen LogP contribution >= 0.6 is 0 Å². The van der Waals surface area contributed by atoms with Crippen LogP contribution in [-0.2, 0) is 16.4 Å². The number of anilines is 1. The molecule has 0 saturated carbocycles. The number of hydrogen-bond acceptors (Lipinski definition) is 5. The molecule has 4 rings (SSSR count). The van der Waals surface area contributed by atoms with Crippen LogP contribution in [0.15, 0.2) is 54.6 Å². The number of halogens is 1. The first-order valence-corrected chi connectivity index (χ1v) is 12.4. The Labute approximate surface area is 188 Å². The van der Waals surface area contributed by atoms with E-state index in [4.69, 9.17) is 9.97 Å². The zero-order chi connectivity index (χ0) is 22.7. The van der Waals surface area contributed by atoms with Crippen LogP contribution < -0.4 is 4.90 Å². The first-order chi connectivity index (χ1) is 15.4. The quantitative estimate of drug-likeness (QED) is 0.569. The molecule has 1 aliphatic heterocycles. The lowest BCUT2D eigenvalue weighted by atomic mass is 10.0. The monoisotopic (exact) mass is 454 g/mol. The molecule has 2 heterocycles. The van der Waals surface area contributed by atoms with Gasteiger partial charge < -0.3 is 4.90 Å². The van der Waals surface area contributed by atoms with E-state index in [9.17, 15) is 12.8 Å². The van der Waals surface area contributed by atoms with Crippen LogP contribution in [0.25, 0.3) is 11.4 Å². The van der Waals surface area contributed by atoms with Crippen molar-refractivity contribution in [2.75, 3.05) is 36.8 Å². The molecule has 1 saturated heterocycles. The average molecular weight is 455 g/mol. The van der Waals surface area contributed by atoms with Gasteiger partial charge in [-0.05, 0) is 25.5 Å². The molecule has 3 aromatic rings. The van der Waals surface area contributed by atoms with Gasteiger partial charge in [0.25, 0.3) is 0 Å². The standard InChI is InChI=1S/C24H27FN4O2S/c1-3-32(30,31)29-15-13-28(14-16-29)24-21(17-20-11-7-8-12-22(20)25)18(2)26-23(27-24)19-9-5-4-6-10-19/h4-12H,3,13-17H2,1-2H3. The highest BCUT2D eigenvalue weighted by molar-refractivity contribution is 7.89. The topological polar surface area (TPSA) is 66.4 Å². The Balaban J connectivity index is 1.73. The van der Waals surface area contributed by atoms with Crippen molar-refractivity contribution in [3.8, 4) is 11.4 Å². The van der Waals surface area contributed by atoms with Crippen LogP contribution in [-0.4, -0.2) is 54.6 Å². The summed E-state index contributed by atoms with van der Waals surface area (Å²) in [5, 5.41) is 0. The number of hydrogen-bond donors (Lipinski definition) is 0. The normalized spacial score (nSPS) is 15.2. The Bertz CT molecular complexity index is 1190. The van der Waals surface area contributed by atoms with Gasteiger partial charge in [0.05, 0.1) is 5.75 Å². The smallest absolute Gasteiger partial charge is 0.213 e. The van der Waals surface area contributed by atoms with Gasteiger partial charge >= 0.3 is 0 Å². The summed E-state index contributed by atoms with van der Waals surface area (Å²) in [7, 11) is -3.23. The highest BCUT2D eigenvalue weighted by atomic mass is 32.2. The molecule has 32 heavy (non-hydrogen) atoms. The van der Waals surface area contributed by atoms with Crippen molar-refractivity contribution < 1.29 is 12.8 Å². The maximum Gasteiger partial charge on any atom is 0.213 e. The van der Waals surface area contributed by atoms with Crippen molar-refractivity contribution in [2.24, 2.45) is 0 Å². The number of aryl methyl sites for hydroxylation is 1. The Kier molecular flexibility index (Phi) is 6.53. The van der Waals surface area contributed by atoms with Gasteiger partial charge in [0.1, 0.15) is 11.6 Å². The molecule has 1 aromatic heterocycles. The zero-order valence-electron chi connectivity index (χ0n) is 18.3. The fraction of sp³-hybridized carbons (Fsp3) is 0.333. The summed E-state index contributed by atoms with van der Waals surface area (Å²) >= 11 is 0. The van der Waals surface area contributed by atoms with Gasteiger partial charge in [-0.2, -0.15) is 4.31 Å². The highest BCUT2D eigenvalue weighted by Gasteiger charge is 2.28.